The highest BCUT2D eigenvalue weighted by atomic mass is 16.5. The van der Waals surface area contributed by atoms with Gasteiger partial charge in [0.25, 0.3) is 0 Å². The fraction of sp³-hybridized carbons (Fsp3) is 0.111. The summed E-state index contributed by atoms with van der Waals surface area (Å²) < 4.78 is 5.89. The standard InChI is InChI=1S/C18H16N2O/c1-14-16(17-9-5-6-10-20-17)11-19-12-18(14)21-13-15-7-3-2-4-8-15/h2-12H,13H2,1H3. The van der Waals surface area contributed by atoms with Crippen LogP contribution in [0.3, 0.4) is 0 Å². The molecule has 0 aliphatic rings. The van der Waals surface area contributed by atoms with Gasteiger partial charge in [-0.15, -0.1) is 0 Å². The first-order valence-corrected chi connectivity index (χ1v) is 6.87. The van der Waals surface area contributed by atoms with Gasteiger partial charge in [-0.2, -0.15) is 0 Å². The Morgan fingerprint density at radius 3 is 2.52 bits per heavy atom. The van der Waals surface area contributed by atoms with E-state index in [9.17, 15) is 0 Å². The molecule has 1 aromatic carbocycles. The fourth-order valence-electron chi connectivity index (χ4n) is 2.17. The summed E-state index contributed by atoms with van der Waals surface area (Å²) in [5.74, 6) is 0.794. The monoisotopic (exact) mass is 276 g/mol. The van der Waals surface area contributed by atoms with Gasteiger partial charge in [0.2, 0.25) is 0 Å². The van der Waals surface area contributed by atoms with E-state index in [4.69, 9.17) is 4.74 Å². The molecule has 0 saturated carbocycles. The maximum atomic E-state index is 5.89. The second kappa shape index (κ2) is 6.18. The van der Waals surface area contributed by atoms with E-state index in [0.29, 0.717) is 6.61 Å². The average Bonchev–Trinajstić information content (AvgIpc) is 2.56. The van der Waals surface area contributed by atoms with Crippen LogP contribution < -0.4 is 4.74 Å². The topological polar surface area (TPSA) is 35.0 Å². The Morgan fingerprint density at radius 2 is 1.76 bits per heavy atom. The van der Waals surface area contributed by atoms with Crippen LogP contribution >= 0.6 is 0 Å². The molecule has 0 saturated heterocycles. The van der Waals surface area contributed by atoms with Gasteiger partial charge in [-0.1, -0.05) is 36.4 Å². The molecular formula is C18H16N2O. The minimum absolute atomic E-state index is 0.537. The Labute approximate surface area is 124 Å². The van der Waals surface area contributed by atoms with Gasteiger partial charge in [-0.05, 0) is 24.6 Å². The highest BCUT2D eigenvalue weighted by molar-refractivity contribution is 5.64. The molecule has 0 spiro atoms. The molecule has 0 unspecified atom stereocenters. The SMILES string of the molecule is Cc1c(OCc2ccccc2)cncc1-c1ccccn1. The Balaban J connectivity index is 1.84. The van der Waals surface area contributed by atoms with Crippen molar-refractivity contribution >= 4 is 0 Å². The van der Waals surface area contributed by atoms with Gasteiger partial charge in [0.1, 0.15) is 12.4 Å². The van der Waals surface area contributed by atoms with E-state index in [1.54, 1.807) is 12.4 Å². The minimum Gasteiger partial charge on any atom is -0.487 e. The Kier molecular flexibility index (Phi) is 3.92. The number of ether oxygens (including phenoxy) is 1. The largest absolute Gasteiger partial charge is 0.487 e. The summed E-state index contributed by atoms with van der Waals surface area (Å²) in [6, 6.07) is 16.0. The number of benzene rings is 1. The van der Waals surface area contributed by atoms with Gasteiger partial charge in [-0.3, -0.25) is 9.97 Å². The molecule has 0 radical (unpaired) electrons. The smallest absolute Gasteiger partial charge is 0.141 e. The second-order valence-corrected chi connectivity index (χ2v) is 4.80. The maximum Gasteiger partial charge on any atom is 0.141 e. The molecule has 0 atom stereocenters. The van der Waals surface area contributed by atoms with Crippen molar-refractivity contribution in [3.63, 3.8) is 0 Å². The number of pyridine rings is 2. The summed E-state index contributed by atoms with van der Waals surface area (Å²) in [6.07, 6.45) is 5.37. The van der Waals surface area contributed by atoms with Crippen LogP contribution in [0.15, 0.2) is 67.1 Å². The van der Waals surface area contributed by atoms with E-state index >= 15 is 0 Å². The van der Waals surface area contributed by atoms with Gasteiger partial charge in [0.05, 0.1) is 11.9 Å². The molecule has 0 aliphatic carbocycles. The summed E-state index contributed by atoms with van der Waals surface area (Å²) in [4.78, 5) is 8.64. The predicted molar refractivity (Wildman–Crippen MR) is 83.0 cm³/mol. The summed E-state index contributed by atoms with van der Waals surface area (Å²) in [6.45, 7) is 2.57. The first-order valence-electron chi connectivity index (χ1n) is 6.87. The summed E-state index contributed by atoms with van der Waals surface area (Å²) in [7, 11) is 0. The van der Waals surface area contributed by atoms with Crippen molar-refractivity contribution in [3.8, 4) is 17.0 Å². The molecule has 3 rings (SSSR count). The van der Waals surface area contributed by atoms with Gasteiger partial charge in [-0.25, -0.2) is 0 Å². The quantitative estimate of drug-likeness (QED) is 0.721. The van der Waals surface area contributed by atoms with Crippen molar-refractivity contribution in [2.24, 2.45) is 0 Å². The van der Waals surface area contributed by atoms with E-state index in [0.717, 1.165) is 28.1 Å². The van der Waals surface area contributed by atoms with E-state index in [1.165, 1.54) is 0 Å². The zero-order valence-electron chi connectivity index (χ0n) is 11.9. The van der Waals surface area contributed by atoms with Crippen LogP contribution in [0.4, 0.5) is 0 Å². The highest BCUT2D eigenvalue weighted by Crippen LogP contribution is 2.27. The van der Waals surface area contributed by atoms with Crippen LogP contribution in [0, 0.1) is 6.92 Å². The van der Waals surface area contributed by atoms with Gasteiger partial charge < -0.3 is 4.74 Å². The van der Waals surface area contributed by atoms with E-state index in [1.807, 2.05) is 61.7 Å². The highest BCUT2D eigenvalue weighted by Gasteiger charge is 2.09. The van der Waals surface area contributed by atoms with E-state index in [2.05, 4.69) is 9.97 Å². The molecule has 0 bridgehead atoms. The molecule has 3 nitrogen and oxygen atoms in total. The maximum absolute atomic E-state index is 5.89. The lowest BCUT2D eigenvalue weighted by Gasteiger charge is -2.12. The molecule has 3 heteroatoms. The molecule has 21 heavy (non-hydrogen) atoms. The van der Waals surface area contributed by atoms with Crippen molar-refractivity contribution in [1.82, 2.24) is 9.97 Å². The third-order valence-corrected chi connectivity index (χ3v) is 3.35. The number of aromatic nitrogens is 2. The van der Waals surface area contributed by atoms with Crippen LogP contribution in [0.5, 0.6) is 5.75 Å². The van der Waals surface area contributed by atoms with Crippen molar-refractivity contribution in [1.29, 1.82) is 0 Å². The molecule has 2 aromatic heterocycles. The number of nitrogens with zero attached hydrogens (tertiary/aromatic N) is 2. The average molecular weight is 276 g/mol. The van der Waals surface area contributed by atoms with E-state index < -0.39 is 0 Å². The van der Waals surface area contributed by atoms with Gasteiger partial charge >= 0.3 is 0 Å². The van der Waals surface area contributed by atoms with Crippen LogP contribution in [0.25, 0.3) is 11.3 Å². The second-order valence-electron chi connectivity index (χ2n) is 4.80. The first kappa shape index (κ1) is 13.3. The van der Waals surface area contributed by atoms with Crippen molar-refractivity contribution in [2.75, 3.05) is 0 Å². The van der Waals surface area contributed by atoms with E-state index in [-0.39, 0.29) is 0 Å². The zero-order chi connectivity index (χ0) is 14.5. The third-order valence-electron chi connectivity index (χ3n) is 3.35. The number of rotatable bonds is 4. The molecule has 0 N–H and O–H groups in total. The lowest BCUT2D eigenvalue weighted by Crippen LogP contribution is -1.99. The molecule has 3 aromatic rings. The molecular weight excluding hydrogens is 260 g/mol. The van der Waals surface area contributed by atoms with Crippen LogP contribution in [0.1, 0.15) is 11.1 Å². The normalized spacial score (nSPS) is 10.3. The van der Waals surface area contributed by atoms with Gasteiger partial charge in [0, 0.05) is 23.5 Å². The van der Waals surface area contributed by atoms with Crippen molar-refractivity contribution in [2.45, 2.75) is 13.5 Å². The predicted octanol–water partition coefficient (Wildman–Crippen LogP) is 4.03. The van der Waals surface area contributed by atoms with Crippen LogP contribution in [0.2, 0.25) is 0 Å². The molecule has 0 fully saturated rings. The minimum atomic E-state index is 0.537. The van der Waals surface area contributed by atoms with Crippen molar-refractivity contribution < 1.29 is 4.74 Å². The summed E-state index contributed by atoms with van der Waals surface area (Å²) >= 11 is 0. The third kappa shape index (κ3) is 3.08. The molecule has 0 amide bonds. The molecule has 0 aliphatic heterocycles. The Bertz CT molecular complexity index is 712. The number of hydrogen-bond donors (Lipinski definition) is 0. The summed E-state index contributed by atoms with van der Waals surface area (Å²) in [5.41, 5.74) is 4.11. The molecule has 2 heterocycles. The molecule has 104 valence electrons. The van der Waals surface area contributed by atoms with Gasteiger partial charge in [0.15, 0.2) is 0 Å². The lowest BCUT2D eigenvalue weighted by molar-refractivity contribution is 0.303. The lowest BCUT2D eigenvalue weighted by atomic mass is 10.1. The Hall–Kier alpha value is -2.68. The fourth-order valence-corrected chi connectivity index (χ4v) is 2.17. The van der Waals surface area contributed by atoms with Crippen LogP contribution in [-0.2, 0) is 6.61 Å². The first-order chi connectivity index (χ1) is 10.3. The van der Waals surface area contributed by atoms with Crippen LogP contribution in [-0.4, -0.2) is 9.97 Å². The van der Waals surface area contributed by atoms with Crippen molar-refractivity contribution in [3.05, 3.63) is 78.2 Å². The number of hydrogen-bond acceptors (Lipinski definition) is 3. The Morgan fingerprint density at radius 1 is 0.952 bits per heavy atom. The zero-order valence-corrected chi connectivity index (χ0v) is 11.9. The summed E-state index contributed by atoms with van der Waals surface area (Å²) in [5, 5.41) is 0.